The second-order valence-corrected chi connectivity index (χ2v) is 6.32. The van der Waals surface area contributed by atoms with Gasteiger partial charge in [0.25, 0.3) is 0 Å². The average molecular weight is 227 g/mol. The van der Waals surface area contributed by atoms with Gasteiger partial charge < -0.3 is 0 Å². The van der Waals surface area contributed by atoms with Crippen LogP contribution in [-0.4, -0.2) is 8.42 Å². The van der Waals surface area contributed by atoms with Crippen LogP contribution in [0.25, 0.3) is 0 Å². The number of rotatable bonds is 1. The van der Waals surface area contributed by atoms with Gasteiger partial charge in [0.15, 0.2) is 0 Å². The third kappa shape index (κ3) is 2.79. The molecule has 0 aliphatic rings. The number of benzene rings is 1. The van der Waals surface area contributed by atoms with Crippen molar-refractivity contribution in [3.05, 3.63) is 29.3 Å². The second kappa shape index (κ2) is 3.61. The van der Waals surface area contributed by atoms with Crippen molar-refractivity contribution < 1.29 is 8.42 Å². The Morgan fingerprint density at radius 1 is 1.20 bits per heavy atom. The first-order chi connectivity index (χ1) is 6.62. The number of sulfonamides is 1. The average Bonchev–Trinajstić information content (AvgIpc) is 2.00. The Morgan fingerprint density at radius 2 is 1.73 bits per heavy atom. The van der Waals surface area contributed by atoms with Gasteiger partial charge >= 0.3 is 0 Å². The van der Waals surface area contributed by atoms with Gasteiger partial charge in [-0.3, -0.25) is 0 Å². The monoisotopic (exact) mass is 227 g/mol. The molecule has 0 amide bonds. The minimum absolute atomic E-state index is 0.223. The van der Waals surface area contributed by atoms with Crippen molar-refractivity contribution >= 4 is 10.0 Å². The summed E-state index contributed by atoms with van der Waals surface area (Å²) in [5, 5.41) is 5.18. The molecule has 0 saturated heterocycles. The topological polar surface area (TPSA) is 60.2 Å². The van der Waals surface area contributed by atoms with Crippen LogP contribution < -0.4 is 5.14 Å². The third-order valence-electron chi connectivity index (χ3n) is 2.25. The molecule has 0 aromatic heterocycles. The van der Waals surface area contributed by atoms with Crippen LogP contribution in [0.2, 0.25) is 0 Å². The third-order valence-corrected chi connectivity index (χ3v) is 3.22. The van der Waals surface area contributed by atoms with Gasteiger partial charge in [-0.15, -0.1) is 0 Å². The summed E-state index contributed by atoms with van der Waals surface area (Å²) >= 11 is 0. The molecule has 1 aromatic rings. The molecule has 0 fully saturated rings. The van der Waals surface area contributed by atoms with Gasteiger partial charge in [-0.1, -0.05) is 38.5 Å². The highest BCUT2D eigenvalue weighted by molar-refractivity contribution is 7.89. The van der Waals surface area contributed by atoms with Crippen LogP contribution in [0.4, 0.5) is 0 Å². The van der Waals surface area contributed by atoms with E-state index in [0.29, 0.717) is 0 Å². The van der Waals surface area contributed by atoms with Crippen LogP contribution in [0.1, 0.15) is 31.9 Å². The maximum absolute atomic E-state index is 11.4. The molecular formula is C11H17NO2S. The van der Waals surface area contributed by atoms with Crippen molar-refractivity contribution in [3.8, 4) is 0 Å². The minimum atomic E-state index is -3.63. The lowest BCUT2D eigenvalue weighted by Gasteiger charge is -2.22. The van der Waals surface area contributed by atoms with Crippen LogP contribution in [0.3, 0.4) is 0 Å². The van der Waals surface area contributed by atoms with Crippen molar-refractivity contribution in [1.82, 2.24) is 0 Å². The first kappa shape index (κ1) is 12.2. The number of primary sulfonamides is 1. The van der Waals surface area contributed by atoms with Crippen LogP contribution >= 0.6 is 0 Å². The first-order valence-corrected chi connectivity index (χ1v) is 6.31. The normalized spacial score (nSPS) is 12.9. The molecule has 0 heterocycles. The Morgan fingerprint density at radius 3 is 2.13 bits per heavy atom. The number of aryl methyl sites for hydroxylation is 1. The molecule has 1 rings (SSSR count). The fourth-order valence-corrected chi connectivity index (χ4v) is 2.41. The molecule has 0 radical (unpaired) electrons. The number of nitrogens with two attached hydrogens (primary N) is 1. The zero-order valence-corrected chi connectivity index (χ0v) is 10.4. The van der Waals surface area contributed by atoms with Crippen molar-refractivity contribution in [2.75, 3.05) is 0 Å². The fourth-order valence-electron chi connectivity index (χ4n) is 1.48. The molecular weight excluding hydrogens is 210 g/mol. The number of hydrogen-bond donors (Lipinski definition) is 1. The highest BCUT2D eigenvalue weighted by Gasteiger charge is 2.23. The van der Waals surface area contributed by atoms with Crippen molar-refractivity contribution in [3.63, 3.8) is 0 Å². The molecule has 1 aromatic carbocycles. The Balaban J connectivity index is 3.55. The van der Waals surface area contributed by atoms with E-state index in [2.05, 4.69) is 0 Å². The molecule has 0 spiro atoms. The first-order valence-electron chi connectivity index (χ1n) is 4.76. The Kier molecular flexibility index (Phi) is 2.94. The molecule has 0 saturated carbocycles. The predicted molar refractivity (Wildman–Crippen MR) is 61.3 cm³/mol. The summed E-state index contributed by atoms with van der Waals surface area (Å²) in [6, 6.07) is 5.21. The highest BCUT2D eigenvalue weighted by atomic mass is 32.2. The molecule has 0 unspecified atom stereocenters. The summed E-state index contributed by atoms with van der Waals surface area (Å²) < 4.78 is 22.8. The van der Waals surface area contributed by atoms with Crippen molar-refractivity contribution in [2.24, 2.45) is 5.14 Å². The van der Waals surface area contributed by atoms with Gasteiger partial charge in [0, 0.05) is 0 Å². The van der Waals surface area contributed by atoms with Gasteiger partial charge in [-0.05, 0) is 24.0 Å². The van der Waals surface area contributed by atoms with E-state index in [-0.39, 0.29) is 10.3 Å². The quantitative estimate of drug-likeness (QED) is 0.797. The van der Waals surface area contributed by atoms with E-state index in [1.165, 1.54) is 0 Å². The van der Waals surface area contributed by atoms with E-state index in [1.807, 2.05) is 33.8 Å². The Labute approximate surface area is 91.4 Å². The van der Waals surface area contributed by atoms with Crippen LogP contribution in [0, 0.1) is 6.92 Å². The van der Waals surface area contributed by atoms with Gasteiger partial charge in [0.05, 0.1) is 4.90 Å². The largest absolute Gasteiger partial charge is 0.238 e. The molecule has 84 valence electrons. The molecule has 2 N–H and O–H groups in total. The molecule has 0 aliphatic carbocycles. The molecule has 0 aliphatic heterocycles. The van der Waals surface area contributed by atoms with Crippen LogP contribution in [0.15, 0.2) is 23.1 Å². The van der Waals surface area contributed by atoms with Crippen molar-refractivity contribution in [1.29, 1.82) is 0 Å². The maximum atomic E-state index is 11.4. The van der Waals surface area contributed by atoms with E-state index in [1.54, 1.807) is 12.1 Å². The van der Waals surface area contributed by atoms with Gasteiger partial charge in [0.2, 0.25) is 10.0 Å². The van der Waals surface area contributed by atoms with E-state index >= 15 is 0 Å². The Hall–Kier alpha value is -0.870. The predicted octanol–water partition coefficient (Wildman–Crippen LogP) is 1.94. The molecule has 15 heavy (non-hydrogen) atoms. The standard InChI is InChI=1S/C11H17NO2S/c1-8-5-6-10(15(12,13)14)9(7-8)11(2,3)4/h5-7H,1-4H3,(H2,12,13,14). The van der Waals surface area contributed by atoms with Crippen molar-refractivity contribution in [2.45, 2.75) is 38.0 Å². The summed E-state index contributed by atoms with van der Waals surface area (Å²) in [4.78, 5) is 0.223. The smallest absolute Gasteiger partial charge is 0.225 e. The van der Waals surface area contributed by atoms with Gasteiger partial charge in [0.1, 0.15) is 0 Å². The van der Waals surface area contributed by atoms with Gasteiger partial charge in [-0.2, -0.15) is 0 Å². The lowest BCUT2D eigenvalue weighted by molar-refractivity contribution is 0.561. The second-order valence-electron chi connectivity index (χ2n) is 4.79. The van der Waals surface area contributed by atoms with E-state index in [9.17, 15) is 8.42 Å². The maximum Gasteiger partial charge on any atom is 0.238 e. The van der Waals surface area contributed by atoms with E-state index in [0.717, 1.165) is 11.1 Å². The lowest BCUT2D eigenvalue weighted by atomic mass is 9.86. The fraction of sp³-hybridized carbons (Fsp3) is 0.455. The summed E-state index contributed by atoms with van der Waals surface area (Å²) in [6.07, 6.45) is 0. The molecule has 3 nitrogen and oxygen atoms in total. The number of hydrogen-bond acceptors (Lipinski definition) is 2. The van der Waals surface area contributed by atoms with E-state index in [4.69, 9.17) is 5.14 Å². The zero-order valence-electron chi connectivity index (χ0n) is 9.53. The summed E-state index contributed by atoms with van der Waals surface area (Å²) in [6.45, 7) is 7.84. The summed E-state index contributed by atoms with van der Waals surface area (Å²) in [7, 11) is -3.63. The SMILES string of the molecule is Cc1ccc(S(N)(=O)=O)c(C(C)(C)C)c1. The minimum Gasteiger partial charge on any atom is -0.225 e. The van der Waals surface area contributed by atoms with E-state index < -0.39 is 10.0 Å². The van der Waals surface area contributed by atoms with Crippen LogP contribution in [-0.2, 0) is 15.4 Å². The molecule has 4 heteroatoms. The molecule has 0 bridgehead atoms. The van der Waals surface area contributed by atoms with Crippen LogP contribution in [0.5, 0.6) is 0 Å². The zero-order chi connectivity index (χ0) is 11.9. The van der Waals surface area contributed by atoms with Gasteiger partial charge in [-0.25, -0.2) is 13.6 Å². The highest BCUT2D eigenvalue weighted by Crippen LogP contribution is 2.28. The summed E-state index contributed by atoms with van der Waals surface area (Å²) in [5.74, 6) is 0. The Bertz CT molecular complexity index is 470. The summed E-state index contributed by atoms with van der Waals surface area (Å²) in [5.41, 5.74) is 1.57. The molecule has 0 atom stereocenters. The lowest BCUT2D eigenvalue weighted by Crippen LogP contribution is -2.21.